The molecule has 0 aliphatic heterocycles. The van der Waals surface area contributed by atoms with Crippen molar-refractivity contribution in [2.45, 2.75) is 6.04 Å². The van der Waals surface area contributed by atoms with Crippen LogP contribution in [0.1, 0.15) is 11.6 Å². The van der Waals surface area contributed by atoms with E-state index in [4.69, 9.17) is 11.6 Å². The first-order valence-electron chi connectivity index (χ1n) is 4.48. The maximum atomic E-state index is 12.9. The number of aromatic nitrogens is 3. The smallest absolute Gasteiger partial charge is 0.129 e. The van der Waals surface area contributed by atoms with Crippen LogP contribution in [-0.4, -0.2) is 21.4 Å². The summed E-state index contributed by atoms with van der Waals surface area (Å²) in [6.07, 6.45) is 4.90. The lowest BCUT2D eigenvalue weighted by atomic mass is 10.1. The Morgan fingerprint density at radius 1 is 1.47 bits per heavy atom. The number of hydrogen-bond donors (Lipinski definition) is 0. The maximum Gasteiger partial charge on any atom is 0.129 e. The molecule has 0 spiro atoms. The van der Waals surface area contributed by atoms with Gasteiger partial charge in [-0.2, -0.15) is 5.10 Å². The first-order valence-corrected chi connectivity index (χ1v) is 4.85. The molecular formula is C10H9ClFN3. The summed E-state index contributed by atoms with van der Waals surface area (Å²) in [7, 11) is 0. The highest BCUT2D eigenvalue weighted by molar-refractivity contribution is 6.29. The molecule has 1 unspecified atom stereocenters. The molecule has 15 heavy (non-hydrogen) atoms. The number of nitrogens with zero attached hydrogens (tertiary/aromatic N) is 3. The number of alkyl halides is 1. The van der Waals surface area contributed by atoms with E-state index < -0.39 is 12.7 Å². The van der Waals surface area contributed by atoms with Gasteiger partial charge in [0, 0.05) is 18.6 Å². The molecular weight excluding hydrogens is 217 g/mol. The van der Waals surface area contributed by atoms with Crippen molar-refractivity contribution in [3.63, 3.8) is 0 Å². The van der Waals surface area contributed by atoms with Crippen molar-refractivity contribution >= 4 is 11.6 Å². The molecule has 0 bridgehead atoms. The summed E-state index contributed by atoms with van der Waals surface area (Å²) >= 11 is 5.66. The molecule has 0 amide bonds. The first-order chi connectivity index (χ1) is 7.31. The summed E-state index contributed by atoms with van der Waals surface area (Å²) in [5.41, 5.74) is 0.755. The van der Waals surface area contributed by atoms with Gasteiger partial charge in [0.2, 0.25) is 0 Å². The zero-order chi connectivity index (χ0) is 10.7. The van der Waals surface area contributed by atoms with Gasteiger partial charge in [0.15, 0.2) is 0 Å². The molecule has 0 saturated carbocycles. The quantitative estimate of drug-likeness (QED) is 0.752. The van der Waals surface area contributed by atoms with E-state index in [1.165, 1.54) is 0 Å². The molecule has 2 aromatic rings. The third-order valence-corrected chi connectivity index (χ3v) is 2.35. The lowest BCUT2D eigenvalue weighted by Crippen LogP contribution is -2.13. The summed E-state index contributed by atoms with van der Waals surface area (Å²) in [6, 6.07) is 4.72. The van der Waals surface area contributed by atoms with Gasteiger partial charge in [-0.25, -0.2) is 9.37 Å². The summed E-state index contributed by atoms with van der Waals surface area (Å²) in [4.78, 5) is 3.92. The highest BCUT2D eigenvalue weighted by atomic mass is 35.5. The van der Waals surface area contributed by atoms with Crippen molar-refractivity contribution in [3.05, 3.63) is 47.5 Å². The Kier molecular flexibility index (Phi) is 2.97. The van der Waals surface area contributed by atoms with Gasteiger partial charge in [-0.05, 0) is 17.7 Å². The number of pyridine rings is 1. The van der Waals surface area contributed by atoms with Crippen LogP contribution >= 0.6 is 11.6 Å². The van der Waals surface area contributed by atoms with Crippen LogP contribution in [0.15, 0.2) is 36.8 Å². The maximum absolute atomic E-state index is 12.9. The molecule has 2 rings (SSSR count). The van der Waals surface area contributed by atoms with E-state index in [1.807, 2.05) is 0 Å². The second-order valence-corrected chi connectivity index (χ2v) is 3.46. The van der Waals surface area contributed by atoms with E-state index in [9.17, 15) is 4.39 Å². The van der Waals surface area contributed by atoms with Gasteiger partial charge in [0.25, 0.3) is 0 Å². The Morgan fingerprint density at radius 2 is 2.33 bits per heavy atom. The zero-order valence-corrected chi connectivity index (χ0v) is 8.60. The standard InChI is InChI=1S/C10H9ClFN3/c11-10-3-2-8(7-13-10)9(6-12)15-5-1-4-14-15/h1-5,7,9H,6H2. The lowest BCUT2D eigenvalue weighted by molar-refractivity contribution is 0.375. The SMILES string of the molecule is FCC(c1ccc(Cl)nc1)n1cccn1. The molecule has 0 fully saturated rings. The molecule has 0 N–H and O–H groups in total. The Hall–Kier alpha value is -1.42. The van der Waals surface area contributed by atoms with Crippen LogP contribution in [0, 0.1) is 0 Å². The number of hydrogen-bond acceptors (Lipinski definition) is 2. The average molecular weight is 226 g/mol. The number of rotatable bonds is 3. The molecule has 1 atom stereocenters. The molecule has 0 aliphatic rings. The van der Waals surface area contributed by atoms with Crippen LogP contribution in [-0.2, 0) is 0 Å². The minimum absolute atomic E-state index is 0.400. The second-order valence-electron chi connectivity index (χ2n) is 3.07. The van der Waals surface area contributed by atoms with Crippen LogP contribution in [0.5, 0.6) is 0 Å². The van der Waals surface area contributed by atoms with E-state index >= 15 is 0 Å². The molecule has 2 heterocycles. The molecule has 2 aromatic heterocycles. The van der Waals surface area contributed by atoms with Crippen LogP contribution in [0.25, 0.3) is 0 Å². The highest BCUT2D eigenvalue weighted by Gasteiger charge is 2.13. The first kappa shape index (κ1) is 10.1. The van der Waals surface area contributed by atoms with Crippen molar-refractivity contribution in [1.29, 1.82) is 0 Å². The second kappa shape index (κ2) is 4.40. The van der Waals surface area contributed by atoms with Crippen molar-refractivity contribution in [2.24, 2.45) is 0 Å². The fraction of sp³-hybridized carbons (Fsp3) is 0.200. The Morgan fingerprint density at radius 3 is 2.87 bits per heavy atom. The molecule has 0 aliphatic carbocycles. The Balaban J connectivity index is 2.31. The minimum atomic E-state index is -0.523. The average Bonchev–Trinajstić information content (AvgIpc) is 2.75. The van der Waals surface area contributed by atoms with Crippen LogP contribution in [0.2, 0.25) is 5.15 Å². The monoisotopic (exact) mass is 225 g/mol. The third kappa shape index (κ3) is 2.15. The lowest BCUT2D eigenvalue weighted by Gasteiger charge is -2.13. The summed E-state index contributed by atoms with van der Waals surface area (Å²) in [6.45, 7) is -0.523. The molecule has 0 saturated heterocycles. The Bertz CT molecular complexity index is 413. The van der Waals surface area contributed by atoms with Crippen molar-refractivity contribution in [3.8, 4) is 0 Å². The van der Waals surface area contributed by atoms with E-state index in [-0.39, 0.29) is 0 Å². The van der Waals surface area contributed by atoms with Crippen LogP contribution in [0.4, 0.5) is 4.39 Å². The molecule has 78 valence electrons. The molecule has 3 nitrogen and oxygen atoms in total. The third-order valence-electron chi connectivity index (χ3n) is 2.13. The summed E-state index contributed by atoms with van der Waals surface area (Å²) < 4.78 is 14.4. The predicted octanol–water partition coefficient (Wildman–Crippen LogP) is 2.49. The highest BCUT2D eigenvalue weighted by Crippen LogP contribution is 2.18. The zero-order valence-electron chi connectivity index (χ0n) is 7.85. The normalized spacial score (nSPS) is 12.7. The molecule has 0 radical (unpaired) electrons. The van der Waals surface area contributed by atoms with Gasteiger partial charge in [0.1, 0.15) is 17.9 Å². The predicted molar refractivity (Wildman–Crippen MR) is 55.6 cm³/mol. The van der Waals surface area contributed by atoms with Crippen molar-refractivity contribution in [1.82, 2.24) is 14.8 Å². The van der Waals surface area contributed by atoms with Gasteiger partial charge in [-0.1, -0.05) is 17.7 Å². The van der Waals surface area contributed by atoms with E-state index in [1.54, 1.807) is 41.5 Å². The number of halogens is 2. The van der Waals surface area contributed by atoms with Gasteiger partial charge in [-0.3, -0.25) is 4.68 Å². The van der Waals surface area contributed by atoms with Crippen molar-refractivity contribution < 1.29 is 4.39 Å². The topological polar surface area (TPSA) is 30.7 Å². The largest absolute Gasteiger partial charge is 0.263 e. The van der Waals surface area contributed by atoms with Gasteiger partial charge < -0.3 is 0 Å². The summed E-state index contributed by atoms with van der Waals surface area (Å²) in [5, 5.41) is 4.40. The van der Waals surface area contributed by atoms with Crippen LogP contribution < -0.4 is 0 Å². The summed E-state index contributed by atoms with van der Waals surface area (Å²) in [5.74, 6) is 0. The van der Waals surface area contributed by atoms with E-state index in [0.29, 0.717) is 5.15 Å². The van der Waals surface area contributed by atoms with Crippen LogP contribution in [0.3, 0.4) is 0 Å². The van der Waals surface area contributed by atoms with Gasteiger partial charge >= 0.3 is 0 Å². The van der Waals surface area contributed by atoms with E-state index in [2.05, 4.69) is 10.1 Å². The molecule has 5 heteroatoms. The van der Waals surface area contributed by atoms with Gasteiger partial charge in [0.05, 0.1) is 0 Å². The Labute approximate surface area is 91.5 Å². The van der Waals surface area contributed by atoms with Gasteiger partial charge in [-0.15, -0.1) is 0 Å². The van der Waals surface area contributed by atoms with E-state index in [0.717, 1.165) is 5.56 Å². The minimum Gasteiger partial charge on any atom is -0.263 e. The molecule has 0 aromatic carbocycles. The fourth-order valence-corrected chi connectivity index (χ4v) is 1.47. The van der Waals surface area contributed by atoms with Crippen molar-refractivity contribution in [2.75, 3.05) is 6.67 Å². The fourth-order valence-electron chi connectivity index (χ4n) is 1.36.